The first-order chi connectivity index (χ1) is 11.0. The van der Waals surface area contributed by atoms with E-state index in [1.165, 1.54) is 0 Å². The minimum absolute atomic E-state index is 0. The van der Waals surface area contributed by atoms with Crippen molar-refractivity contribution >= 4 is 40.9 Å². The van der Waals surface area contributed by atoms with Crippen molar-refractivity contribution in [3.63, 3.8) is 0 Å². The van der Waals surface area contributed by atoms with Crippen molar-refractivity contribution in [2.75, 3.05) is 5.32 Å². The normalized spacial score (nSPS) is 12.2. The van der Waals surface area contributed by atoms with Gasteiger partial charge in [0.15, 0.2) is 0 Å². The average Bonchev–Trinajstić information content (AvgIpc) is 3.08. The van der Waals surface area contributed by atoms with Crippen molar-refractivity contribution in [3.05, 3.63) is 40.7 Å². The molecule has 0 fully saturated rings. The van der Waals surface area contributed by atoms with Gasteiger partial charge in [0.25, 0.3) is 0 Å². The summed E-state index contributed by atoms with van der Waals surface area (Å²) in [6, 6.07) is 3.83. The van der Waals surface area contributed by atoms with Gasteiger partial charge in [-0.2, -0.15) is 4.98 Å². The second kappa shape index (κ2) is 7.42. The van der Waals surface area contributed by atoms with Gasteiger partial charge in [-0.1, -0.05) is 0 Å². The Hall–Kier alpha value is -1.76. The zero-order chi connectivity index (χ0) is 16.6. The Morgan fingerprint density at radius 1 is 1.42 bits per heavy atom. The van der Waals surface area contributed by atoms with Crippen LogP contribution in [0.25, 0.3) is 11.0 Å². The molecule has 0 aliphatic rings. The van der Waals surface area contributed by atoms with E-state index in [9.17, 15) is 0 Å². The first-order valence-corrected chi connectivity index (χ1v) is 7.88. The van der Waals surface area contributed by atoms with E-state index in [1.807, 2.05) is 30.7 Å². The van der Waals surface area contributed by atoms with Crippen molar-refractivity contribution in [2.45, 2.75) is 32.9 Å². The summed E-state index contributed by atoms with van der Waals surface area (Å²) in [5.74, 6) is 1.54. The molecule has 3 aromatic rings. The molecule has 0 saturated carbocycles. The number of fused-ring (bicyclic) bond motifs is 1. The quantitative estimate of drug-likeness (QED) is 0.673. The summed E-state index contributed by atoms with van der Waals surface area (Å²) in [7, 11) is 1.98. The highest BCUT2D eigenvalue weighted by Gasteiger charge is 2.19. The molecule has 6 nitrogen and oxygen atoms in total. The lowest BCUT2D eigenvalue weighted by Gasteiger charge is -2.07. The number of rotatable bonds is 5. The van der Waals surface area contributed by atoms with E-state index in [0.29, 0.717) is 12.4 Å². The third-order valence-corrected chi connectivity index (χ3v) is 4.09. The Morgan fingerprint density at radius 2 is 2.17 bits per heavy atom. The SMILES string of the molecule is Cc1c(C[C@H](C)N)n(C)c2nc(Cl)nc(NCc3ccco3)c12.Cl. The van der Waals surface area contributed by atoms with Crippen molar-refractivity contribution in [2.24, 2.45) is 12.8 Å². The van der Waals surface area contributed by atoms with Gasteiger partial charge < -0.3 is 20.0 Å². The Bertz CT molecular complexity index is 827. The molecule has 3 N–H and O–H groups in total. The van der Waals surface area contributed by atoms with Gasteiger partial charge in [0.2, 0.25) is 5.28 Å². The van der Waals surface area contributed by atoms with E-state index in [2.05, 4.69) is 22.2 Å². The molecule has 130 valence electrons. The van der Waals surface area contributed by atoms with E-state index in [0.717, 1.165) is 34.5 Å². The van der Waals surface area contributed by atoms with E-state index in [1.54, 1.807) is 6.26 Å². The number of hydrogen-bond donors (Lipinski definition) is 2. The van der Waals surface area contributed by atoms with E-state index >= 15 is 0 Å². The maximum absolute atomic E-state index is 6.10. The molecular weight excluding hydrogens is 349 g/mol. The molecule has 0 bridgehead atoms. The minimum atomic E-state index is 0. The molecule has 0 saturated heterocycles. The standard InChI is InChI=1S/C16H20ClN5O.ClH/c1-9(18)7-12-10(2)13-14(19-8-11-5-4-6-23-11)20-16(17)21-15(13)22(12)3;/h4-6,9H,7-8,18H2,1-3H3,(H,19,20,21);1H/t9-;/m0./s1. The van der Waals surface area contributed by atoms with Crippen molar-refractivity contribution in [1.29, 1.82) is 0 Å². The third-order valence-electron chi connectivity index (χ3n) is 3.92. The summed E-state index contributed by atoms with van der Waals surface area (Å²) in [6.45, 7) is 4.59. The Balaban J connectivity index is 0.00000208. The van der Waals surface area contributed by atoms with Crippen molar-refractivity contribution in [3.8, 4) is 0 Å². The van der Waals surface area contributed by atoms with Gasteiger partial charge in [0.05, 0.1) is 18.2 Å². The molecule has 0 aliphatic heterocycles. The molecule has 1 atom stereocenters. The predicted octanol–water partition coefficient (Wildman–Crippen LogP) is 3.45. The largest absolute Gasteiger partial charge is 0.467 e. The van der Waals surface area contributed by atoms with Crippen LogP contribution in [0.5, 0.6) is 0 Å². The fourth-order valence-electron chi connectivity index (χ4n) is 2.84. The van der Waals surface area contributed by atoms with Crippen LogP contribution in [-0.2, 0) is 20.0 Å². The maximum Gasteiger partial charge on any atom is 0.226 e. The van der Waals surface area contributed by atoms with Gasteiger partial charge in [0, 0.05) is 25.2 Å². The first kappa shape index (κ1) is 18.6. The van der Waals surface area contributed by atoms with E-state index in [4.69, 9.17) is 21.8 Å². The number of hydrogen-bond acceptors (Lipinski definition) is 5. The third kappa shape index (κ3) is 3.50. The molecule has 3 heterocycles. The fourth-order valence-corrected chi connectivity index (χ4v) is 3.01. The number of furan rings is 1. The molecule has 0 radical (unpaired) electrons. The number of nitrogens with zero attached hydrogens (tertiary/aromatic N) is 3. The number of aromatic nitrogens is 3. The van der Waals surface area contributed by atoms with Gasteiger partial charge >= 0.3 is 0 Å². The van der Waals surface area contributed by atoms with Gasteiger partial charge in [-0.25, -0.2) is 4.98 Å². The summed E-state index contributed by atoms with van der Waals surface area (Å²) in [5, 5.41) is 4.48. The second-order valence-electron chi connectivity index (χ2n) is 5.78. The topological polar surface area (TPSA) is 81.9 Å². The van der Waals surface area contributed by atoms with Gasteiger partial charge in [0.1, 0.15) is 17.2 Å². The van der Waals surface area contributed by atoms with Crippen LogP contribution in [0.1, 0.15) is 23.9 Å². The Labute approximate surface area is 151 Å². The van der Waals surface area contributed by atoms with Crippen LogP contribution in [0, 0.1) is 6.92 Å². The van der Waals surface area contributed by atoms with Crippen LogP contribution in [0.2, 0.25) is 5.28 Å². The lowest BCUT2D eigenvalue weighted by atomic mass is 10.1. The van der Waals surface area contributed by atoms with Crippen LogP contribution in [0.4, 0.5) is 5.82 Å². The average molecular weight is 370 g/mol. The Morgan fingerprint density at radius 3 is 2.79 bits per heavy atom. The highest BCUT2D eigenvalue weighted by Crippen LogP contribution is 2.30. The molecule has 3 aromatic heterocycles. The van der Waals surface area contributed by atoms with Gasteiger partial charge in [-0.3, -0.25) is 0 Å². The predicted molar refractivity (Wildman–Crippen MR) is 98.9 cm³/mol. The molecule has 0 amide bonds. The molecule has 0 unspecified atom stereocenters. The van der Waals surface area contributed by atoms with Crippen LogP contribution in [0.15, 0.2) is 22.8 Å². The fraction of sp³-hybridized carbons (Fsp3) is 0.375. The van der Waals surface area contributed by atoms with Crippen LogP contribution >= 0.6 is 24.0 Å². The lowest BCUT2D eigenvalue weighted by Crippen LogP contribution is -2.20. The number of halogens is 2. The number of nitrogens with two attached hydrogens (primary N) is 1. The van der Waals surface area contributed by atoms with Gasteiger partial charge in [-0.15, -0.1) is 12.4 Å². The monoisotopic (exact) mass is 369 g/mol. The van der Waals surface area contributed by atoms with Crippen LogP contribution < -0.4 is 11.1 Å². The van der Waals surface area contributed by atoms with E-state index < -0.39 is 0 Å². The summed E-state index contributed by atoms with van der Waals surface area (Å²) in [6.07, 6.45) is 2.42. The van der Waals surface area contributed by atoms with Crippen molar-refractivity contribution < 1.29 is 4.42 Å². The van der Waals surface area contributed by atoms with Crippen LogP contribution in [-0.4, -0.2) is 20.6 Å². The summed E-state index contributed by atoms with van der Waals surface area (Å²) < 4.78 is 7.39. The van der Waals surface area contributed by atoms with Crippen LogP contribution in [0.3, 0.4) is 0 Å². The summed E-state index contributed by atoms with van der Waals surface area (Å²) >= 11 is 6.10. The second-order valence-corrected chi connectivity index (χ2v) is 6.12. The highest BCUT2D eigenvalue weighted by molar-refractivity contribution is 6.28. The minimum Gasteiger partial charge on any atom is -0.467 e. The maximum atomic E-state index is 6.10. The smallest absolute Gasteiger partial charge is 0.226 e. The zero-order valence-corrected chi connectivity index (χ0v) is 15.4. The molecule has 0 aromatic carbocycles. The summed E-state index contributed by atoms with van der Waals surface area (Å²) in [4.78, 5) is 8.73. The zero-order valence-electron chi connectivity index (χ0n) is 13.8. The molecular formula is C16H21Cl2N5O. The first-order valence-electron chi connectivity index (χ1n) is 7.50. The van der Waals surface area contributed by atoms with E-state index in [-0.39, 0.29) is 23.7 Å². The molecule has 0 spiro atoms. The number of anilines is 1. The molecule has 0 aliphatic carbocycles. The molecule has 3 rings (SSSR count). The molecule has 8 heteroatoms. The molecule has 24 heavy (non-hydrogen) atoms. The van der Waals surface area contributed by atoms with Crippen molar-refractivity contribution in [1.82, 2.24) is 14.5 Å². The Kier molecular flexibility index (Phi) is 5.74. The number of aryl methyl sites for hydroxylation is 2. The summed E-state index contributed by atoms with van der Waals surface area (Å²) in [5.41, 5.74) is 9.05. The highest BCUT2D eigenvalue weighted by atomic mass is 35.5. The van der Waals surface area contributed by atoms with Gasteiger partial charge in [-0.05, 0) is 43.1 Å². The lowest BCUT2D eigenvalue weighted by molar-refractivity contribution is 0.518. The number of nitrogens with one attached hydrogen (secondary N) is 1.